The molecule has 0 bridgehead atoms. The Bertz CT molecular complexity index is 739. The molecule has 3 rings (SSSR count). The average molecular weight is 300 g/mol. The maximum atomic E-state index is 6.23. The highest BCUT2D eigenvalue weighted by Gasteiger charge is 2.07. The molecule has 1 heterocycles. The Morgan fingerprint density at radius 3 is 2.25 bits per heavy atom. The summed E-state index contributed by atoms with van der Waals surface area (Å²) >= 11 is 12.3. The standard InChI is InChI=1S/C17H11Cl2N/c18-13-9-10-15(19)14(11-13)17-8-4-7-16(20-17)12-5-2-1-3-6-12/h1-11H. The molecule has 0 N–H and O–H groups in total. The Balaban J connectivity index is 2.10. The number of halogens is 2. The number of aromatic nitrogens is 1. The topological polar surface area (TPSA) is 12.9 Å². The molecule has 0 atom stereocenters. The monoisotopic (exact) mass is 299 g/mol. The summed E-state index contributed by atoms with van der Waals surface area (Å²) in [5, 5.41) is 1.29. The molecule has 0 aliphatic rings. The van der Waals surface area contributed by atoms with E-state index in [0.717, 1.165) is 22.5 Å². The number of pyridine rings is 1. The van der Waals surface area contributed by atoms with Gasteiger partial charge in [0.2, 0.25) is 0 Å². The second-order valence-electron chi connectivity index (χ2n) is 4.40. The first-order valence-corrected chi connectivity index (χ1v) is 6.97. The second kappa shape index (κ2) is 5.66. The van der Waals surface area contributed by atoms with E-state index in [4.69, 9.17) is 23.2 Å². The number of benzene rings is 2. The van der Waals surface area contributed by atoms with Crippen LogP contribution in [0.3, 0.4) is 0 Å². The van der Waals surface area contributed by atoms with E-state index in [-0.39, 0.29) is 0 Å². The Hall–Kier alpha value is -1.83. The quantitative estimate of drug-likeness (QED) is 0.589. The molecule has 2 aromatic carbocycles. The summed E-state index contributed by atoms with van der Waals surface area (Å²) in [5.41, 5.74) is 3.66. The predicted molar refractivity (Wildman–Crippen MR) is 85.1 cm³/mol. The van der Waals surface area contributed by atoms with Gasteiger partial charge in [-0.1, -0.05) is 59.6 Å². The van der Waals surface area contributed by atoms with E-state index in [2.05, 4.69) is 4.98 Å². The molecule has 20 heavy (non-hydrogen) atoms. The van der Waals surface area contributed by atoms with Gasteiger partial charge in [-0.3, -0.25) is 0 Å². The van der Waals surface area contributed by atoms with Crippen molar-refractivity contribution in [3.05, 3.63) is 76.8 Å². The maximum absolute atomic E-state index is 6.23. The van der Waals surface area contributed by atoms with Gasteiger partial charge in [0.15, 0.2) is 0 Å². The maximum Gasteiger partial charge on any atom is 0.0725 e. The summed E-state index contributed by atoms with van der Waals surface area (Å²) in [6.07, 6.45) is 0. The van der Waals surface area contributed by atoms with E-state index in [9.17, 15) is 0 Å². The van der Waals surface area contributed by atoms with Crippen LogP contribution in [0.15, 0.2) is 66.7 Å². The molecule has 0 aliphatic carbocycles. The molecule has 0 spiro atoms. The Morgan fingerprint density at radius 1 is 0.700 bits per heavy atom. The number of hydrogen-bond donors (Lipinski definition) is 0. The Labute approximate surface area is 127 Å². The van der Waals surface area contributed by atoms with Gasteiger partial charge in [-0.05, 0) is 30.3 Å². The fourth-order valence-corrected chi connectivity index (χ4v) is 2.43. The molecule has 1 nitrogen and oxygen atoms in total. The number of hydrogen-bond acceptors (Lipinski definition) is 1. The molecule has 0 saturated carbocycles. The summed E-state index contributed by atoms with van der Waals surface area (Å²) in [6, 6.07) is 21.3. The Morgan fingerprint density at radius 2 is 1.45 bits per heavy atom. The van der Waals surface area contributed by atoms with E-state index >= 15 is 0 Å². The van der Waals surface area contributed by atoms with Crippen molar-refractivity contribution in [1.82, 2.24) is 4.98 Å². The van der Waals surface area contributed by atoms with Crippen molar-refractivity contribution in [2.45, 2.75) is 0 Å². The van der Waals surface area contributed by atoms with Crippen molar-refractivity contribution in [2.24, 2.45) is 0 Å². The summed E-state index contributed by atoms with van der Waals surface area (Å²) in [7, 11) is 0. The summed E-state index contributed by atoms with van der Waals surface area (Å²) < 4.78 is 0. The van der Waals surface area contributed by atoms with Crippen LogP contribution in [-0.2, 0) is 0 Å². The minimum atomic E-state index is 0.645. The normalized spacial score (nSPS) is 10.5. The second-order valence-corrected chi connectivity index (χ2v) is 5.24. The highest BCUT2D eigenvalue weighted by Crippen LogP contribution is 2.30. The molecule has 3 aromatic rings. The minimum Gasteiger partial charge on any atom is -0.248 e. The van der Waals surface area contributed by atoms with Crippen LogP contribution in [0.25, 0.3) is 22.5 Å². The van der Waals surface area contributed by atoms with Crippen LogP contribution < -0.4 is 0 Å². The van der Waals surface area contributed by atoms with Gasteiger partial charge in [-0.25, -0.2) is 4.98 Å². The largest absolute Gasteiger partial charge is 0.248 e. The number of nitrogens with zero attached hydrogens (tertiary/aromatic N) is 1. The van der Waals surface area contributed by atoms with E-state index in [1.807, 2.05) is 54.6 Å². The highest BCUT2D eigenvalue weighted by atomic mass is 35.5. The van der Waals surface area contributed by atoms with Crippen LogP contribution in [0.4, 0.5) is 0 Å². The fraction of sp³-hybridized carbons (Fsp3) is 0. The van der Waals surface area contributed by atoms with Crippen LogP contribution >= 0.6 is 23.2 Å². The Kier molecular flexibility index (Phi) is 3.72. The first-order chi connectivity index (χ1) is 9.74. The van der Waals surface area contributed by atoms with Crippen LogP contribution in [0.2, 0.25) is 10.0 Å². The van der Waals surface area contributed by atoms with Gasteiger partial charge >= 0.3 is 0 Å². The van der Waals surface area contributed by atoms with Gasteiger partial charge in [0.1, 0.15) is 0 Å². The lowest BCUT2D eigenvalue weighted by atomic mass is 10.1. The lowest BCUT2D eigenvalue weighted by molar-refractivity contribution is 1.32. The van der Waals surface area contributed by atoms with Gasteiger partial charge in [-0.2, -0.15) is 0 Å². The molecule has 98 valence electrons. The van der Waals surface area contributed by atoms with Crippen molar-refractivity contribution < 1.29 is 0 Å². The third kappa shape index (κ3) is 2.69. The summed E-state index contributed by atoms with van der Waals surface area (Å²) in [5.74, 6) is 0. The van der Waals surface area contributed by atoms with E-state index in [1.54, 1.807) is 12.1 Å². The minimum absolute atomic E-state index is 0.645. The zero-order valence-electron chi connectivity index (χ0n) is 10.6. The van der Waals surface area contributed by atoms with Gasteiger partial charge in [0.05, 0.1) is 16.4 Å². The molecule has 1 aromatic heterocycles. The molecule has 0 amide bonds. The van der Waals surface area contributed by atoms with Crippen LogP contribution in [-0.4, -0.2) is 4.98 Å². The summed E-state index contributed by atoms with van der Waals surface area (Å²) in [6.45, 7) is 0. The van der Waals surface area contributed by atoms with Crippen LogP contribution in [0.5, 0.6) is 0 Å². The van der Waals surface area contributed by atoms with E-state index in [1.165, 1.54) is 0 Å². The van der Waals surface area contributed by atoms with Crippen molar-refractivity contribution in [1.29, 1.82) is 0 Å². The van der Waals surface area contributed by atoms with Gasteiger partial charge < -0.3 is 0 Å². The average Bonchev–Trinajstić information content (AvgIpc) is 2.51. The molecular formula is C17H11Cl2N. The zero-order valence-corrected chi connectivity index (χ0v) is 12.1. The molecular weight excluding hydrogens is 289 g/mol. The lowest BCUT2D eigenvalue weighted by Crippen LogP contribution is -1.88. The molecule has 0 radical (unpaired) electrons. The van der Waals surface area contributed by atoms with Crippen LogP contribution in [0, 0.1) is 0 Å². The van der Waals surface area contributed by atoms with E-state index in [0.29, 0.717) is 10.0 Å². The lowest BCUT2D eigenvalue weighted by Gasteiger charge is -2.07. The van der Waals surface area contributed by atoms with Crippen molar-refractivity contribution >= 4 is 23.2 Å². The SMILES string of the molecule is Clc1ccc(Cl)c(-c2cccc(-c3ccccc3)n2)c1. The third-order valence-electron chi connectivity index (χ3n) is 3.02. The molecule has 0 saturated heterocycles. The summed E-state index contributed by atoms with van der Waals surface area (Å²) in [4.78, 5) is 4.67. The molecule has 0 fully saturated rings. The zero-order chi connectivity index (χ0) is 13.9. The predicted octanol–water partition coefficient (Wildman–Crippen LogP) is 5.72. The van der Waals surface area contributed by atoms with Gasteiger partial charge in [0.25, 0.3) is 0 Å². The molecule has 0 aliphatic heterocycles. The smallest absolute Gasteiger partial charge is 0.0725 e. The van der Waals surface area contributed by atoms with Gasteiger partial charge in [0, 0.05) is 16.1 Å². The fourth-order valence-electron chi connectivity index (χ4n) is 2.05. The van der Waals surface area contributed by atoms with Crippen molar-refractivity contribution in [2.75, 3.05) is 0 Å². The molecule has 0 unspecified atom stereocenters. The first kappa shape index (κ1) is 13.2. The number of rotatable bonds is 2. The third-order valence-corrected chi connectivity index (χ3v) is 3.59. The highest BCUT2D eigenvalue weighted by molar-refractivity contribution is 6.35. The van der Waals surface area contributed by atoms with Crippen LogP contribution in [0.1, 0.15) is 0 Å². The van der Waals surface area contributed by atoms with E-state index < -0.39 is 0 Å². The van der Waals surface area contributed by atoms with Crippen molar-refractivity contribution in [3.8, 4) is 22.5 Å². The van der Waals surface area contributed by atoms with Gasteiger partial charge in [-0.15, -0.1) is 0 Å². The first-order valence-electron chi connectivity index (χ1n) is 6.22. The molecule has 3 heteroatoms. The van der Waals surface area contributed by atoms with Crippen molar-refractivity contribution in [3.63, 3.8) is 0 Å².